The van der Waals surface area contributed by atoms with E-state index in [1.165, 1.54) is 131 Å². The summed E-state index contributed by atoms with van der Waals surface area (Å²) in [5.41, 5.74) is 18.1. The van der Waals surface area contributed by atoms with E-state index in [0.29, 0.717) is 0 Å². The number of para-hydroxylation sites is 5. The van der Waals surface area contributed by atoms with Gasteiger partial charge in [-0.2, -0.15) is 0 Å². The third-order valence-electron chi connectivity index (χ3n) is 17.5. The van der Waals surface area contributed by atoms with Gasteiger partial charge in [0.25, 0.3) is 0 Å². The second-order valence-corrected chi connectivity index (χ2v) is 23.7. The van der Waals surface area contributed by atoms with Crippen LogP contribution in [0.1, 0.15) is 38.8 Å². The molecule has 0 atom stereocenters. The largest absolute Gasteiger partial charge is 0.494 e. The molecule has 0 bridgehead atoms. The second kappa shape index (κ2) is 19.6. The highest BCUT2D eigenvalue weighted by Crippen LogP contribution is 2.45. The molecule has 0 amide bonds. The predicted molar refractivity (Wildman–Crippen MR) is 349 cm³/mol. The van der Waals surface area contributed by atoms with Crippen molar-refractivity contribution >= 4 is 115 Å². The average Bonchev–Trinajstić information content (AvgIpc) is 4.50. The first-order chi connectivity index (χ1) is 40.1. The highest BCUT2D eigenvalue weighted by molar-refractivity contribution is 9.10. The van der Waals surface area contributed by atoms with Gasteiger partial charge in [-0.25, -0.2) is 0 Å². The summed E-state index contributed by atoms with van der Waals surface area (Å²) in [6, 6.07) is 91.2. The number of hydrogen-bond acceptors (Lipinski definition) is 2. The van der Waals surface area contributed by atoms with E-state index in [9.17, 15) is 0 Å². The van der Waals surface area contributed by atoms with Gasteiger partial charge < -0.3 is 23.4 Å². The number of rotatable bonds is 4. The van der Waals surface area contributed by atoms with Crippen molar-refractivity contribution in [3.63, 3.8) is 0 Å². The third kappa shape index (κ3) is 8.20. The Morgan fingerprint density at radius 2 is 0.890 bits per heavy atom. The minimum atomic E-state index is -0.364. The Bertz CT molecular complexity index is 4980. The second-order valence-electron chi connectivity index (χ2n) is 22.8. The summed E-state index contributed by atoms with van der Waals surface area (Å²) in [7, 11) is -0.364. The lowest BCUT2D eigenvalue weighted by molar-refractivity contribution is 0.00578. The normalized spacial score (nSPS) is 14.2. The van der Waals surface area contributed by atoms with Crippen molar-refractivity contribution in [1.29, 1.82) is 0 Å². The monoisotopic (exact) mass is 1120 g/mol. The van der Waals surface area contributed by atoms with Crippen LogP contribution in [-0.2, 0) is 15.7 Å². The Kier molecular flexibility index (Phi) is 12.0. The fraction of sp³-hybridized carbons (Fsp3) is 0.0933. The molecule has 15 aromatic rings. The number of aromatic nitrogens is 3. The number of hydrogen-bond donors (Lipinski definition) is 1. The van der Waals surface area contributed by atoms with E-state index in [1.54, 1.807) is 0 Å². The number of nitrogens with zero attached hydrogens (tertiary/aromatic N) is 2. The van der Waals surface area contributed by atoms with E-state index in [-0.39, 0.29) is 18.3 Å². The molecule has 2 aliphatic rings. The molecule has 5 nitrogen and oxygen atoms in total. The van der Waals surface area contributed by atoms with Gasteiger partial charge in [-0.3, -0.25) is 0 Å². The van der Waals surface area contributed by atoms with E-state index in [1.807, 2.05) is 6.07 Å². The SMILES string of the molecule is Brc1cc2c(c3ccccc13)Cc1ccccc1-2.CC1(C)OB(c2ccc3c4ccccc4n(-c4ccccc4)c3c2)OC1(C)C.c1ccc(-n2c3ccccc3c3ccc(-c4cc5c6ccccc6[nH]c5c5ccccc45)cc32)cc1. The highest BCUT2D eigenvalue weighted by Gasteiger charge is 2.51. The minimum absolute atomic E-state index is 0.348. The van der Waals surface area contributed by atoms with Crippen LogP contribution >= 0.6 is 15.9 Å². The summed E-state index contributed by atoms with van der Waals surface area (Å²) in [6.45, 7) is 8.36. The molecule has 0 radical (unpaired) electrons. The van der Waals surface area contributed by atoms with Gasteiger partial charge in [0, 0.05) is 59.1 Å². The van der Waals surface area contributed by atoms with Crippen LogP contribution in [0.15, 0.2) is 259 Å². The van der Waals surface area contributed by atoms with Gasteiger partial charge >= 0.3 is 7.12 Å². The lowest BCUT2D eigenvalue weighted by Gasteiger charge is -2.32. The molecule has 394 valence electrons. The maximum absolute atomic E-state index is 6.29. The smallest absolute Gasteiger partial charge is 0.399 e. The predicted octanol–water partition coefficient (Wildman–Crippen LogP) is 19.5. The maximum Gasteiger partial charge on any atom is 0.494 e. The summed E-state index contributed by atoms with van der Waals surface area (Å²) < 4.78 is 18.5. The van der Waals surface area contributed by atoms with Crippen LogP contribution in [0.2, 0.25) is 0 Å². The molecule has 1 N–H and O–H groups in total. The summed E-state index contributed by atoms with van der Waals surface area (Å²) in [5, 5.41) is 12.8. The van der Waals surface area contributed by atoms with Gasteiger partial charge in [0.1, 0.15) is 0 Å². The van der Waals surface area contributed by atoms with Crippen molar-refractivity contribution in [2.75, 3.05) is 0 Å². The Morgan fingerprint density at radius 1 is 0.390 bits per heavy atom. The molecule has 1 fully saturated rings. The summed E-state index contributed by atoms with van der Waals surface area (Å²) >= 11 is 3.70. The van der Waals surface area contributed by atoms with Gasteiger partial charge in [-0.15, -0.1) is 0 Å². The Morgan fingerprint density at radius 3 is 1.55 bits per heavy atom. The molecule has 1 aliphatic heterocycles. The first-order valence-electron chi connectivity index (χ1n) is 28.3. The third-order valence-corrected chi connectivity index (χ3v) is 18.2. The number of aromatic amines is 1. The molecule has 1 aliphatic carbocycles. The zero-order valence-electron chi connectivity index (χ0n) is 46.1. The van der Waals surface area contributed by atoms with Crippen molar-refractivity contribution in [2.45, 2.75) is 45.3 Å². The maximum atomic E-state index is 6.29. The van der Waals surface area contributed by atoms with Crippen molar-refractivity contribution in [1.82, 2.24) is 14.1 Å². The van der Waals surface area contributed by atoms with E-state index < -0.39 is 0 Å². The molecule has 1 saturated heterocycles. The molecular formula is C75H57BBrN3O2. The van der Waals surface area contributed by atoms with Crippen molar-refractivity contribution < 1.29 is 9.31 Å². The van der Waals surface area contributed by atoms with Gasteiger partial charge in [-0.05, 0) is 156 Å². The van der Waals surface area contributed by atoms with Crippen LogP contribution in [-0.4, -0.2) is 32.4 Å². The molecular weight excluding hydrogens is 1070 g/mol. The van der Waals surface area contributed by atoms with Gasteiger partial charge in [0.05, 0.1) is 38.8 Å². The average molecular weight is 1120 g/mol. The fourth-order valence-corrected chi connectivity index (χ4v) is 13.4. The summed E-state index contributed by atoms with van der Waals surface area (Å²) in [6.07, 6.45) is 1.05. The number of halogens is 1. The van der Waals surface area contributed by atoms with Crippen LogP contribution in [0.3, 0.4) is 0 Å². The first kappa shape index (κ1) is 50.0. The Hall–Kier alpha value is -8.98. The Labute approximate surface area is 485 Å². The van der Waals surface area contributed by atoms with Crippen LogP contribution in [0.25, 0.3) is 121 Å². The zero-order valence-corrected chi connectivity index (χ0v) is 47.7. The molecule has 4 heterocycles. The molecule has 3 aromatic heterocycles. The molecule has 17 rings (SSSR count). The number of benzene rings is 12. The van der Waals surface area contributed by atoms with Crippen LogP contribution in [0.4, 0.5) is 0 Å². The van der Waals surface area contributed by atoms with Gasteiger partial charge in [0.2, 0.25) is 0 Å². The summed E-state index contributed by atoms with van der Waals surface area (Å²) in [4.78, 5) is 3.67. The zero-order chi connectivity index (χ0) is 55.3. The number of H-pyrrole nitrogens is 1. The molecule has 7 heteroatoms. The fourth-order valence-electron chi connectivity index (χ4n) is 12.8. The topological polar surface area (TPSA) is 44.1 Å². The van der Waals surface area contributed by atoms with Crippen LogP contribution < -0.4 is 5.46 Å². The van der Waals surface area contributed by atoms with E-state index in [4.69, 9.17) is 9.31 Å². The van der Waals surface area contributed by atoms with E-state index >= 15 is 0 Å². The van der Waals surface area contributed by atoms with Crippen molar-refractivity contribution in [3.05, 3.63) is 270 Å². The molecule has 82 heavy (non-hydrogen) atoms. The molecule has 0 spiro atoms. The summed E-state index contributed by atoms with van der Waals surface area (Å²) in [5.74, 6) is 0. The van der Waals surface area contributed by atoms with E-state index in [0.717, 1.165) is 17.6 Å². The van der Waals surface area contributed by atoms with E-state index in [2.05, 4.69) is 306 Å². The number of fused-ring (bicyclic) bond motifs is 16. The van der Waals surface area contributed by atoms with Crippen molar-refractivity contribution in [2.24, 2.45) is 0 Å². The quantitative estimate of drug-likeness (QED) is 0.179. The molecule has 0 unspecified atom stereocenters. The molecule has 0 saturated carbocycles. The lowest BCUT2D eigenvalue weighted by Crippen LogP contribution is -2.41. The van der Waals surface area contributed by atoms with Crippen LogP contribution in [0, 0.1) is 0 Å². The lowest BCUT2D eigenvalue weighted by atomic mass is 9.79. The van der Waals surface area contributed by atoms with Gasteiger partial charge in [0.15, 0.2) is 0 Å². The van der Waals surface area contributed by atoms with Gasteiger partial charge in [-0.1, -0.05) is 204 Å². The standard InChI is InChI=1S/C34H22N2.C24H24BNO2.C17H11Br/c1-2-10-23(11-3-1)36-32-17-9-7-14-26(32)27-19-18-22(20-33(27)36)29-21-30-25-13-6-8-16-31(25)35-34(30)28-15-5-4-12-24(28)29;1-23(2)24(3,4)28-25(27-23)17-14-15-20-19-12-8-9-13-21(19)26(22(20)16-17)18-10-6-5-7-11-18;18-17-10-16-12-6-2-1-5-11(12)9-15(16)13-7-3-4-8-14(13)17/h1-21,35H;5-16H,1-4H3;1-8,10H,9H2. The minimum Gasteiger partial charge on any atom is -0.399 e. The van der Waals surface area contributed by atoms with Crippen molar-refractivity contribution in [3.8, 4) is 33.6 Å². The highest BCUT2D eigenvalue weighted by atomic mass is 79.9. The number of nitrogens with one attached hydrogen (secondary N) is 1. The van der Waals surface area contributed by atoms with Crippen LogP contribution in [0.5, 0.6) is 0 Å². The molecule has 12 aromatic carbocycles. The first-order valence-corrected chi connectivity index (χ1v) is 29.1. The Balaban J connectivity index is 0.000000111.